The molecule has 3 heteroatoms. The van der Waals surface area contributed by atoms with Crippen LogP contribution in [0.3, 0.4) is 0 Å². The van der Waals surface area contributed by atoms with Crippen LogP contribution < -0.4 is 5.32 Å². The van der Waals surface area contributed by atoms with E-state index in [9.17, 15) is 0 Å². The maximum Gasteiger partial charge on any atom is 0.0965 e. The summed E-state index contributed by atoms with van der Waals surface area (Å²) in [5.41, 5.74) is 1.41. The number of nitrogens with zero attached hydrogens (tertiary/aromatic N) is 1. The van der Waals surface area contributed by atoms with E-state index in [2.05, 4.69) is 54.5 Å². The van der Waals surface area contributed by atoms with Crippen molar-refractivity contribution >= 4 is 11.3 Å². The first-order valence-corrected chi connectivity index (χ1v) is 7.84. The van der Waals surface area contributed by atoms with Gasteiger partial charge in [-0.2, -0.15) is 0 Å². The number of hydrogen-bond acceptors (Lipinski definition) is 3. The number of hydrogen-bond donors (Lipinski definition) is 1. The lowest BCUT2D eigenvalue weighted by atomic mass is 10.0. The molecule has 1 heterocycles. The molecule has 0 saturated heterocycles. The molecule has 0 aliphatic heterocycles. The molecule has 19 heavy (non-hydrogen) atoms. The van der Waals surface area contributed by atoms with Crippen molar-refractivity contribution in [3.63, 3.8) is 0 Å². The Morgan fingerprint density at radius 3 is 2.68 bits per heavy atom. The van der Waals surface area contributed by atoms with Crippen LogP contribution in [0.1, 0.15) is 36.8 Å². The Balaban J connectivity index is 1.83. The van der Waals surface area contributed by atoms with Crippen LogP contribution in [0.5, 0.6) is 0 Å². The summed E-state index contributed by atoms with van der Waals surface area (Å²) in [5.74, 6) is 0.491. The highest BCUT2D eigenvalue weighted by molar-refractivity contribution is 7.09. The second-order valence-corrected chi connectivity index (χ2v) is 5.90. The highest BCUT2D eigenvalue weighted by Gasteiger charge is 2.11. The zero-order chi connectivity index (χ0) is 13.5. The number of benzene rings is 1. The molecule has 0 saturated carbocycles. The average molecular weight is 274 g/mol. The van der Waals surface area contributed by atoms with Crippen molar-refractivity contribution in [2.45, 2.75) is 38.6 Å². The lowest BCUT2D eigenvalue weighted by Gasteiger charge is -2.19. The predicted molar refractivity (Wildman–Crippen MR) is 82.8 cm³/mol. The van der Waals surface area contributed by atoms with E-state index >= 15 is 0 Å². The number of nitrogens with one attached hydrogen (secondary N) is 1. The van der Waals surface area contributed by atoms with Gasteiger partial charge in [0.2, 0.25) is 0 Å². The molecule has 1 aromatic carbocycles. The van der Waals surface area contributed by atoms with Crippen molar-refractivity contribution in [1.82, 2.24) is 10.3 Å². The summed E-state index contributed by atoms with van der Waals surface area (Å²) in [6.07, 6.45) is 4.14. The fourth-order valence-corrected chi connectivity index (χ4v) is 2.87. The Labute approximate surface area is 119 Å². The molecule has 2 aromatic rings. The zero-order valence-electron chi connectivity index (χ0n) is 11.7. The van der Waals surface area contributed by atoms with Gasteiger partial charge >= 0.3 is 0 Å². The van der Waals surface area contributed by atoms with Crippen LogP contribution in [0.2, 0.25) is 0 Å². The van der Waals surface area contributed by atoms with Crippen molar-refractivity contribution in [3.05, 3.63) is 52.5 Å². The minimum atomic E-state index is 0.491. The summed E-state index contributed by atoms with van der Waals surface area (Å²) in [6, 6.07) is 11.2. The third-order valence-electron chi connectivity index (χ3n) is 3.40. The Kier molecular flexibility index (Phi) is 5.55. The summed E-state index contributed by atoms with van der Waals surface area (Å²) in [4.78, 5) is 4.38. The van der Waals surface area contributed by atoms with E-state index in [1.165, 1.54) is 10.6 Å². The van der Waals surface area contributed by atoms with E-state index in [4.69, 9.17) is 0 Å². The topological polar surface area (TPSA) is 24.9 Å². The van der Waals surface area contributed by atoms with Crippen LogP contribution in [0.4, 0.5) is 0 Å². The molecule has 0 radical (unpaired) electrons. The normalized spacial score (nSPS) is 14.2. The first-order valence-electron chi connectivity index (χ1n) is 6.96. The van der Waals surface area contributed by atoms with Crippen molar-refractivity contribution in [3.8, 4) is 0 Å². The summed E-state index contributed by atoms with van der Waals surface area (Å²) in [7, 11) is 0. The van der Waals surface area contributed by atoms with Gasteiger partial charge in [0.1, 0.15) is 0 Å². The van der Waals surface area contributed by atoms with E-state index in [1.807, 2.05) is 11.6 Å². The molecule has 1 N–H and O–H groups in total. The molecular weight excluding hydrogens is 252 g/mol. The van der Waals surface area contributed by atoms with Gasteiger partial charge in [0, 0.05) is 30.1 Å². The van der Waals surface area contributed by atoms with Gasteiger partial charge in [0.05, 0.1) is 5.01 Å². The molecule has 2 atom stereocenters. The Morgan fingerprint density at radius 2 is 2.05 bits per heavy atom. The van der Waals surface area contributed by atoms with E-state index < -0.39 is 0 Å². The molecular formula is C16H22N2S. The van der Waals surface area contributed by atoms with Gasteiger partial charge in [-0.3, -0.25) is 0 Å². The number of rotatable bonds is 7. The van der Waals surface area contributed by atoms with E-state index in [1.54, 1.807) is 11.3 Å². The van der Waals surface area contributed by atoms with Crippen molar-refractivity contribution in [2.75, 3.05) is 6.54 Å². The number of aromatic nitrogens is 1. The molecule has 2 unspecified atom stereocenters. The summed E-state index contributed by atoms with van der Waals surface area (Å²) >= 11 is 1.74. The second-order valence-electron chi connectivity index (χ2n) is 4.97. The van der Waals surface area contributed by atoms with E-state index in [0.29, 0.717) is 12.0 Å². The second kappa shape index (κ2) is 7.41. The highest BCUT2D eigenvalue weighted by atomic mass is 32.1. The fourth-order valence-electron chi connectivity index (χ4n) is 2.17. The first kappa shape index (κ1) is 14.2. The Morgan fingerprint density at radius 1 is 1.26 bits per heavy atom. The van der Waals surface area contributed by atoms with Crippen LogP contribution in [0, 0.1) is 0 Å². The minimum Gasteiger partial charge on any atom is -0.313 e. The van der Waals surface area contributed by atoms with Crippen LogP contribution in [0.25, 0.3) is 0 Å². The third-order valence-corrected chi connectivity index (χ3v) is 4.41. The summed E-state index contributed by atoms with van der Waals surface area (Å²) in [6.45, 7) is 5.48. The van der Waals surface area contributed by atoms with E-state index in [-0.39, 0.29) is 0 Å². The largest absolute Gasteiger partial charge is 0.313 e. The molecule has 0 bridgehead atoms. The first-order chi connectivity index (χ1) is 9.29. The van der Waals surface area contributed by atoms with Crippen LogP contribution in [-0.2, 0) is 6.42 Å². The monoisotopic (exact) mass is 274 g/mol. The lowest BCUT2D eigenvalue weighted by molar-refractivity contribution is 0.475. The molecule has 2 nitrogen and oxygen atoms in total. The van der Waals surface area contributed by atoms with Crippen LogP contribution >= 0.6 is 11.3 Å². The molecule has 0 aliphatic rings. The Bertz CT molecular complexity index is 453. The molecule has 102 valence electrons. The van der Waals surface area contributed by atoms with Gasteiger partial charge in [0.15, 0.2) is 0 Å². The van der Waals surface area contributed by atoms with Crippen LogP contribution in [-0.4, -0.2) is 17.6 Å². The SMILES string of the molecule is CCC(Cc1ccccc1)NCC(C)c1nccs1. The highest BCUT2D eigenvalue weighted by Crippen LogP contribution is 2.17. The molecule has 0 amide bonds. The summed E-state index contributed by atoms with van der Waals surface area (Å²) in [5, 5.41) is 6.95. The molecule has 0 spiro atoms. The van der Waals surface area contributed by atoms with Crippen molar-refractivity contribution < 1.29 is 0 Å². The quantitative estimate of drug-likeness (QED) is 0.829. The molecule has 1 aromatic heterocycles. The zero-order valence-corrected chi connectivity index (χ0v) is 12.5. The van der Waals surface area contributed by atoms with Gasteiger partial charge in [0.25, 0.3) is 0 Å². The lowest BCUT2D eigenvalue weighted by Crippen LogP contribution is -2.33. The minimum absolute atomic E-state index is 0.491. The Hall–Kier alpha value is -1.19. The third kappa shape index (κ3) is 4.44. The molecule has 0 aliphatic carbocycles. The maximum absolute atomic E-state index is 4.38. The van der Waals surface area contributed by atoms with Crippen molar-refractivity contribution in [2.24, 2.45) is 0 Å². The fraction of sp³-hybridized carbons (Fsp3) is 0.438. The van der Waals surface area contributed by atoms with Gasteiger partial charge < -0.3 is 5.32 Å². The van der Waals surface area contributed by atoms with Crippen LogP contribution in [0.15, 0.2) is 41.9 Å². The van der Waals surface area contributed by atoms with Gasteiger partial charge in [-0.15, -0.1) is 11.3 Å². The van der Waals surface area contributed by atoms with E-state index in [0.717, 1.165) is 19.4 Å². The van der Waals surface area contributed by atoms with Crippen molar-refractivity contribution in [1.29, 1.82) is 0 Å². The summed E-state index contributed by atoms with van der Waals surface area (Å²) < 4.78 is 0. The van der Waals surface area contributed by atoms with Gasteiger partial charge in [-0.05, 0) is 18.4 Å². The standard InChI is InChI=1S/C16H22N2S/c1-3-15(11-14-7-5-4-6-8-14)18-12-13(2)16-17-9-10-19-16/h4-10,13,15,18H,3,11-12H2,1-2H3. The molecule has 2 rings (SSSR count). The van der Waals surface area contributed by atoms with Gasteiger partial charge in [-0.25, -0.2) is 4.98 Å². The average Bonchev–Trinajstić information content (AvgIpc) is 2.98. The number of thiazole rings is 1. The van der Waals surface area contributed by atoms with Gasteiger partial charge in [-0.1, -0.05) is 44.2 Å². The predicted octanol–water partition coefficient (Wildman–Crippen LogP) is 3.86. The smallest absolute Gasteiger partial charge is 0.0965 e. The maximum atomic E-state index is 4.38. The molecule has 0 fully saturated rings.